The number of ether oxygens (including phenoxy) is 1. The lowest BCUT2D eigenvalue weighted by molar-refractivity contribution is -0.176. The quantitative estimate of drug-likeness (QED) is 0.161. The van der Waals surface area contributed by atoms with Crippen LogP contribution in [0, 0.1) is 5.82 Å². The molecule has 12 heteroatoms. The molecule has 3 aromatic rings. The van der Waals surface area contributed by atoms with E-state index >= 15 is 0 Å². The number of carbonyl (C=O) groups is 1. The van der Waals surface area contributed by atoms with Gasteiger partial charge in [-0.1, -0.05) is 71.7 Å². The van der Waals surface area contributed by atoms with Crippen molar-refractivity contribution in [2.45, 2.75) is 55.3 Å². The maximum atomic E-state index is 14.8. The van der Waals surface area contributed by atoms with E-state index < -0.39 is 60.0 Å². The summed E-state index contributed by atoms with van der Waals surface area (Å²) in [5, 5.41) is 0.954. The predicted molar refractivity (Wildman–Crippen MR) is 166 cm³/mol. The number of benzene rings is 3. The van der Waals surface area contributed by atoms with Gasteiger partial charge in [-0.25, -0.2) is 8.60 Å². The van der Waals surface area contributed by atoms with E-state index in [9.17, 15) is 26.6 Å². The van der Waals surface area contributed by atoms with Crippen LogP contribution in [0.1, 0.15) is 37.3 Å². The maximum Gasteiger partial charge on any atom is 0.391 e. The average molecular weight is 672 g/mol. The summed E-state index contributed by atoms with van der Waals surface area (Å²) >= 11 is 11.5. The van der Waals surface area contributed by atoms with Gasteiger partial charge in [0.1, 0.15) is 22.9 Å². The first-order chi connectivity index (χ1) is 21.0. The van der Waals surface area contributed by atoms with E-state index in [1.807, 2.05) is 30.3 Å². The highest BCUT2D eigenvalue weighted by Crippen LogP contribution is 2.38. The van der Waals surface area contributed by atoms with Gasteiger partial charge < -0.3 is 9.64 Å². The van der Waals surface area contributed by atoms with Gasteiger partial charge in [0.25, 0.3) is 5.91 Å². The number of nitrogens with zero attached hydrogens (tertiary/aromatic N) is 2. The number of amides is 1. The van der Waals surface area contributed by atoms with E-state index in [4.69, 9.17) is 27.9 Å². The summed E-state index contributed by atoms with van der Waals surface area (Å²) in [5.41, 5.74) is 0.481. The number of carbonyl (C=O) groups excluding carboxylic acids is 1. The van der Waals surface area contributed by atoms with E-state index in [1.54, 1.807) is 24.3 Å². The topological polar surface area (TPSA) is 49.9 Å². The van der Waals surface area contributed by atoms with Crippen LogP contribution in [0.15, 0.2) is 91.5 Å². The molecule has 236 valence electrons. The largest absolute Gasteiger partial charge is 0.391 e. The standard InChI is InChI=1S/C26H27ClF4N2O3S.C6H5Cl/c1-2-5-24-25(34)33(23(16-36-24)17-8-10-18(27)11-9-17)19(14-26(29,30)31)15-32(37(35)20-12-13-20)22-7-4-3-6-21(22)28;7-6-4-2-1-3-5-6/h2-4,6-11,19-20,23-24H,1,5,12-16H2;1-5H. The molecule has 5 rings (SSSR count). The highest BCUT2D eigenvalue weighted by atomic mass is 35.5. The highest BCUT2D eigenvalue weighted by Gasteiger charge is 2.46. The van der Waals surface area contributed by atoms with Gasteiger partial charge in [-0.15, -0.1) is 6.58 Å². The van der Waals surface area contributed by atoms with Crippen LogP contribution < -0.4 is 4.31 Å². The van der Waals surface area contributed by atoms with Crippen LogP contribution in [-0.4, -0.2) is 51.7 Å². The van der Waals surface area contributed by atoms with Gasteiger partial charge in [-0.05, 0) is 54.8 Å². The zero-order chi connectivity index (χ0) is 31.9. The molecule has 44 heavy (non-hydrogen) atoms. The summed E-state index contributed by atoms with van der Waals surface area (Å²) in [6.07, 6.45) is -4.17. The minimum atomic E-state index is -4.65. The lowest BCUT2D eigenvalue weighted by Crippen LogP contribution is -2.57. The molecule has 0 bridgehead atoms. The molecular formula is C32H32Cl2F4N2O3S. The summed E-state index contributed by atoms with van der Waals surface area (Å²) in [6, 6.07) is 19.1. The van der Waals surface area contributed by atoms with Gasteiger partial charge in [-0.3, -0.25) is 9.10 Å². The number of anilines is 1. The van der Waals surface area contributed by atoms with Crippen molar-refractivity contribution < 1.29 is 31.3 Å². The number of hydrogen-bond acceptors (Lipinski definition) is 3. The van der Waals surface area contributed by atoms with Crippen molar-refractivity contribution in [2.75, 3.05) is 17.5 Å². The SMILES string of the molecule is C=CCC1OCC(c2ccc(Cl)cc2)N(C(CN(c2ccccc2F)S(=O)C2CC2)CC(F)(F)F)C1=O.Clc1ccccc1. The third-order valence-corrected chi connectivity index (χ3v) is 9.40. The Morgan fingerprint density at radius 3 is 2.16 bits per heavy atom. The first-order valence-electron chi connectivity index (χ1n) is 14.0. The van der Waals surface area contributed by atoms with Crippen LogP contribution >= 0.6 is 23.2 Å². The molecular weight excluding hydrogens is 639 g/mol. The van der Waals surface area contributed by atoms with Gasteiger partial charge in [0.15, 0.2) is 0 Å². The first-order valence-corrected chi connectivity index (χ1v) is 15.9. The van der Waals surface area contributed by atoms with Gasteiger partial charge in [0.2, 0.25) is 0 Å². The van der Waals surface area contributed by atoms with Crippen molar-refractivity contribution in [3.8, 4) is 0 Å². The van der Waals surface area contributed by atoms with Crippen LogP contribution in [0.3, 0.4) is 0 Å². The molecule has 1 aliphatic heterocycles. The van der Waals surface area contributed by atoms with Crippen LogP contribution in [0.25, 0.3) is 0 Å². The van der Waals surface area contributed by atoms with Crippen molar-refractivity contribution in [1.82, 2.24) is 4.90 Å². The van der Waals surface area contributed by atoms with E-state index in [-0.39, 0.29) is 24.0 Å². The second-order valence-corrected chi connectivity index (χ2v) is 12.9. The maximum absolute atomic E-state index is 14.8. The number of halogens is 6. The molecule has 4 atom stereocenters. The van der Waals surface area contributed by atoms with Gasteiger partial charge >= 0.3 is 6.18 Å². The third kappa shape index (κ3) is 9.30. The number of hydrogen-bond donors (Lipinski definition) is 0. The molecule has 0 spiro atoms. The van der Waals surface area contributed by atoms with E-state index in [0.717, 1.165) is 5.02 Å². The molecule has 2 fully saturated rings. The van der Waals surface area contributed by atoms with Gasteiger partial charge in [0.05, 0.1) is 42.6 Å². The summed E-state index contributed by atoms with van der Waals surface area (Å²) < 4.78 is 76.9. The molecule has 0 aromatic heterocycles. The second-order valence-electron chi connectivity index (χ2n) is 10.4. The first kappa shape index (κ1) is 34.0. The summed E-state index contributed by atoms with van der Waals surface area (Å²) in [7, 11) is -1.77. The lowest BCUT2D eigenvalue weighted by Gasteiger charge is -2.45. The summed E-state index contributed by atoms with van der Waals surface area (Å²) in [6.45, 7) is 3.10. The van der Waals surface area contributed by atoms with Crippen LogP contribution in [-0.2, 0) is 20.5 Å². The Morgan fingerprint density at radius 2 is 1.61 bits per heavy atom. The molecule has 1 amide bonds. The molecule has 1 saturated carbocycles. The molecule has 3 aromatic carbocycles. The summed E-state index contributed by atoms with van der Waals surface area (Å²) in [4.78, 5) is 14.8. The van der Waals surface area contributed by atoms with Crippen molar-refractivity contribution in [3.63, 3.8) is 0 Å². The third-order valence-electron chi connectivity index (χ3n) is 7.07. The molecule has 2 aliphatic rings. The zero-order valence-corrected chi connectivity index (χ0v) is 26.0. The Balaban J connectivity index is 0.000000555. The molecule has 4 unspecified atom stereocenters. The lowest BCUT2D eigenvalue weighted by atomic mass is 9.98. The molecule has 0 radical (unpaired) electrons. The Kier molecular flexibility index (Phi) is 11.9. The van der Waals surface area contributed by atoms with Crippen molar-refractivity contribution >= 4 is 45.8 Å². The Morgan fingerprint density at radius 1 is 1.00 bits per heavy atom. The number of alkyl halides is 3. The van der Waals surface area contributed by atoms with Crippen LogP contribution in [0.4, 0.5) is 23.2 Å². The minimum Gasteiger partial charge on any atom is -0.366 e. The van der Waals surface area contributed by atoms with Crippen molar-refractivity contribution in [2.24, 2.45) is 0 Å². The Bertz CT molecular complexity index is 1430. The normalized spacial score (nSPS) is 19.9. The fraction of sp³-hybridized carbons (Fsp3) is 0.344. The second kappa shape index (κ2) is 15.4. The predicted octanol–water partition coefficient (Wildman–Crippen LogP) is 8.32. The van der Waals surface area contributed by atoms with E-state index in [2.05, 4.69) is 6.58 Å². The fourth-order valence-corrected chi connectivity index (χ4v) is 6.70. The van der Waals surface area contributed by atoms with Gasteiger partial charge in [0, 0.05) is 16.5 Å². The minimum absolute atomic E-state index is 0.0500. The molecule has 5 nitrogen and oxygen atoms in total. The monoisotopic (exact) mass is 670 g/mol. The van der Waals surface area contributed by atoms with Crippen molar-refractivity contribution in [1.29, 1.82) is 0 Å². The fourth-order valence-electron chi connectivity index (χ4n) is 4.87. The Hall–Kier alpha value is -2.92. The molecule has 1 saturated heterocycles. The molecule has 1 heterocycles. The summed E-state index contributed by atoms with van der Waals surface area (Å²) in [5.74, 6) is -1.33. The molecule has 0 N–H and O–H groups in total. The van der Waals surface area contributed by atoms with Gasteiger partial charge in [-0.2, -0.15) is 13.2 Å². The van der Waals surface area contributed by atoms with Crippen LogP contribution in [0.5, 0.6) is 0 Å². The van der Waals surface area contributed by atoms with E-state index in [0.29, 0.717) is 23.4 Å². The Labute approximate surface area is 267 Å². The van der Waals surface area contributed by atoms with E-state index in [1.165, 1.54) is 39.5 Å². The number of rotatable bonds is 10. The number of para-hydroxylation sites is 1. The smallest absolute Gasteiger partial charge is 0.366 e. The molecule has 1 aliphatic carbocycles. The highest BCUT2D eigenvalue weighted by molar-refractivity contribution is 7.87. The number of morpholine rings is 1. The van der Waals surface area contributed by atoms with Crippen LogP contribution in [0.2, 0.25) is 10.0 Å². The zero-order valence-electron chi connectivity index (χ0n) is 23.6. The average Bonchev–Trinajstić information content (AvgIpc) is 3.83. The van der Waals surface area contributed by atoms with Crippen molar-refractivity contribution in [3.05, 3.63) is 113 Å².